The Morgan fingerprint density at radius 3 is 2.35 bits per heavy atom. The molecule has 1 aliphatic rings. The Labute approximate surface area is 309 Å². The number of nitrogens with zero attached hydrogens (tertiary/aromatic N) is 7. The number of rotatable bonds is 8. The van der Waals surface area contributed by atoms with Gasteiger partial charge in [-0.25, -0.2) is 18.4 Å². The van der Waals surface area contributed by atoms with Gasteiger partial charge < -0.3 is 18.8 Å². The van der Waals surface area contributed by atoms with Crippen LogP contribution in [0.2, 0.25) is 37.8 Å². The number of aromatic nitrogens is 6. The lowest BCUT2D eigenvalue weighted by atomic mass is 10.0. The predicted octanol–water partition coefficient (Wildman–Crippen LogP) is 8.38. The average Bonchev–Trinajstić information content (AvgIpc) is 3.64. The van der Waals surface area contributed by atoms with Gasteiger partial charge in [0.15, 0.2) is 14.4 Å². The van der Waals surface area contributed by atoms with Gasteiger partial charge in [-0.15, -0.1) is 10.6 Å². The predicted molar refractivity (Wildman–Crippen MR) is 206 cm³/mol. The topological polar surface area (TPSA) is 109 Å². The van der Waals surface area contributed by atoms with E-state index in [4.69, 9.17) is 19.0 Å². The summed E-state index contributed by atoms with van der Waals surface area (Å²) in [5, 5.41) is 13.9. The van der Waals surface area contributed by atoms with Crippen molar-refractivity contribution >= 4 is 28.0 Å². The number of fused-ring (bicyclic) bond motifs is 1. The summed E-state index contributed by atoms with van der Waals surface area (Å²) in [5.74, 6) is 3.48. The van der Waals surface area contributed by atoms with Gasteiger partial charge in [0.05, 0.1) is 42.0 Å². The van der Waals surface area contributed by atoms with E-state index in [9.17, 15) is 9.18 Å². The lowest BCUT2D eigenvalue weighted by Gasteiger charge is -2.37. The quantitative estimate of drug-likeness (QED) is 0.131. The number of amides is 1. The van der Waals surface area contributed by atoms with Gasteiger partial charge in [0.25, 0.3) is 0 Å². The third-order valence-electron chi connectivity index (χ3n) is 9.56. The Hall–Kier alpha value is -4.07. The Morgan fingerprint density at radius 1 is 1.06 bits per heavy atom. The standard InChI is InChI=1S/C38H54FN7O4Si2/c1-26-34(42-43-46(26)30-15-18-44(19-16-30)36(47)50-37(2,3)4)28-21-32(35-27(17-20-51(8,9)10)22-41-45(35)24-28)49-33(31-14-13-29(39)23-40-31)25-48-52(11,12)38(5,6)7/h13-14,21-24,30,33H,15-16,18-19,25H2,1-12H3. The number of pyridine rings is 2. The van der Waals surface area contributed by atoms with E-state index < -0.39 is 33.9 Å². The smallest absolute Gasteiger partial charge is 0.410 e. The van der Waals surface area contributed by atoms with Gasteiger partial charge in [0.2, 0.25) is 0 Å². The molecule has 1 unspecified atom stereocenters. The Kier molecular flexibility index (Phi) is 11.1. The molecule has 0 saturated carbocycles. The number of piperidine rings is 1. The maximum Gasteiger partial charge on any atom is 0.410 e. The number of carbonyl (C=O) groups is 1. The van der Waals surface area contributed by atoms with Gasteiger partial charge in [0, 0.05) is 24.8 Å². The van der Waals surface area contributed by atoms with E-state index >= 15 is 0 Å². The molecule has 1 amide bonds. The van der Waals surface area contributed by atoms with Gasteiger partial charge in [0.1, 0.15) is 36.5 Å². The van der Waals surface area contributed by atoms with E-state index in [0.717, 1.165) is 29.7 Å². The molecule has 1 fully saturated rings. The molecular weight excluding hydrogens is 694 g/mol. The molecule has 0 N–H and O–H groups in total. The van der Waals surface area contributed by atoms with Crippen LogP contribution >= 0.6 is 0 Å². The van der Waals surface area contributed by atoms with E-state index in [0.29, 0.717) is 35.7 Å². The van der Waals surface area contributed by atoms with Crippen LogP contribution in [0.15, 0.2) is 36.8 Å². The second-order valence-electron chi connectivity index (χ2n) is 17.2. The second kappa shape index (κ2) is 14.8. The fourth-order valence-electron chi connectivity index (χ4n) is 5.64. The zero-order chi connectivity index (χ0) is 38.2. The number of ether oxygens (including phenoxy) is 2. The number of hydrogen-bond donors (Lipinski definition) is 0. The van der Waals surface area contributed by atoms with Crippen LogP contribution in [-0.2, 0) is 9.16 Å². The highest BCUT2D eigenvalue weighted by Crippen LogP contribution is 2.39. The lowest BCUT2D eigenvalue weighted by Crippen LogP contribution is -2.42. The highest BCUT2D eigenvalue weighted by molar-refractivity contribution is 6.83. The fraction of sp³-hybridized carbons (Fsp3) is 0.553. The van der Waals surface area contributed by atoms with E-state index in [1.807, 2.05) is 44.6 Å². The van der Waals surface area contributed by atoms with Crippen LogP contribution in [0.25, 0.3) is 16.8 Å². The fourth-order valence-corrected chi connectivity index (χ4v) is 7.15. The zero-order valence-electron chi connectivity index (χ0n) is 32.8. The first-order valence-electron chi connectivity index (χ1n) is 18.0. The van der Waals surface area contributed by atoms with Crippen LogP contribution < -0.4 is 4.74 Å². The highest BCUT2D eigenvalue weighted by atomic mass is 28.4. The van der Waals surface area contributed by atoms with Crippen molar-refractivity contribution in [3.8, 4) is 28.5 Å². The summed E-state index contributed by atoms with van der Waals surface area (Å²) in [6.45, 7) is 26.5. The van der Waals surface area contributed by atoms with Crippen molar-refractivity contribution in [1.82, 2.24) is 34.5 Å². The first kappa shape index (κ1) is 39.1. The summed E-state index contributed by atoms with van der Waals surface area (Å²) in [6.07, 6.45) is 5.41. The minimum atomic E-state index is -2.19. The molecule has 0 radical (unpaired) electrons. The summed E-state index contributed by atoms with van der Waals surface area (Å²) in [6, 6.07) is 5.06. The minimum Gasteiger partial charge on any atom is -0.479 e. The van der Waals surface area contributed by atoms with Gasteiger partial charge in [-0.05, 0) is 76.9 Å². The van der Waals surface area contributed by atoms with Gasteiger partial charge in [-0.1, -0.05) is 51.5 Å². The molecule has 14 heteroatoms. The molecule has 4 aromatic heterocycles. The summed E-state index contributed by atoms with van der Waals surface area (Å²) < 4.78 is 36.9. The summed E-state index contributed by atoms with van der Waals surface area (Å²) in [4.78, 5) is 18.8. The maximum absolute atomic E-state index is 14.0. The minimum absolute atomic E-state index is 0.0261. The van der Waals surface area contributed by atoms with Crippen molar-refractivity contribution in [2.45, 2.75) is 117 Å². The molecule has 5 rings (SSSR count). The summed E-state index contributed by atoms with van der Waals surface area (Å²) in [5.41, 5.74) is 7.29. The normalized spacial score (nSPS) is 15.4. The third kappa shape index (κ3) is 9.29. The Bertz CT molecular complexity index is 1950. The van der Waals surface area contributed by atoms with Crippen molar-refractivity contribution in [3.63, 3.8) is 0 Å². The molecule has 1 aliphatic heterocycles. The number of halogens is 1. The van der Waals surface area contributed by atoms with Crippen LogP contribution in [0.3, 0.4) is 0 Å². The molecule has 52 heavy (non-hydrogen) atoms. The Balaban J connectivity index is 1.52. The van der Waals surface area contributed by atoms with Crippen LogP contribution in [-0.4, -0.2) is 82.3 Å². The average molecular weight is 748 g/mol. The van der Waals surface area contributed by atoms with Crippen LogP contribution in [0.4, 0.5) is 9.18 Å². The van der Waals surface area contributed by atoms with Gasteiger partial charge >= 0.3 is 6.09 Å². The molecule has 1 saturated heterocycles. The van der Waals surface area contributed by atoms with Crippen molar-refractivity contribution in [2.24, 2.45) is 0 Å². The maximum atomic E-state index is 14.0. The SMILES string of the molecule is Cc1c(-c2cc(OC(CO[Si](C)(C)C(C)(C)C)c3ccc(F)cn3)c3c(C#C[Si](C)(C)C)cnn3c2)nnn1C1CCN(C(=O)OC(C)(C)C)CC1. The Morgan fingerprint density at radius 2 is 1.75 bits per heavy atom. The molecule has 11 nitrogen and oxygen atoms in total. The van der Waals surface area contributed by atoms with Crippen LogP contribution in [0, 0.1) is 24.2 Å². The molecule has 280 valence electrons. The number of hydrogen-bond acceptors (Lipinski definition) is 8. The number of likely N-dealkylation sites (tertiary alicyclic amines) is 1. The molecule has 0 spiro atoms. The van der Waals surface area contributed by atoms with Crippen molar-refractivity contribution in [1.29, 1.82) is 0 Å². The van der Waals surface area contributed by atoms with Crippen molar-refractivity contribution in [2.75, 3.05) is 19.7 Å². The molecule has 1 atom stereocenters. The van der Waals surface area contributed by atoms with Gasteiger partial charge in [-0.2, -0.15) is 5.10 Å². The van der Waals surface area contributed by atoms with E-state index in [2.05, 4.69) is 80.3 Å². The molecule has 0 aromatic carbocycles. The number of carbonyl (C=O) groups excluding carboxylic acids is 1. The molecule has 5 heterocycles. The zero-order valence-corrected chi connectivity index (χ0v) is 34.8. The van der Waals surface area contributed by atoms with Crippen molar-refractivity contribution < 1.29 is 23.1 Å². The van der Waals surface area contributed by atoms with E-state index in [-0.39, 0.29) is 23.8 Å². The molecular formula is C38H54FN7O4Si2. The summed E-state index contributed by atoms with van der Waals surface area (Å²) >= 11 is 0. The van der Waals surface area contributed by atoms with E-state index in [1.165, 1.54) is 12.3 Å². The largest absolute Gasteiger partial charge is 0.479 e. The first-order chi connectivity index (χ1) is 24.1. The van der Waals surface area contributed by atoms with Gasteiger partial charge in [-0.3, -0.25) is 4.98 Å². The monoisotopic (exact) mass is 747 g/mol. The molecule has 0 aliphatic carbocycles. The van der Waals surface area contributed by atoms with Crippen LogP contribution in [0.5, 0.6) is 5.75 Å². The first-order valence-corrected chi connectivity index (χ1v) is 24.4. The van der Waals surface area contributed by atoms with Crippen molar-refractivity contribution in [3.05, 3.63) is 59.6 Å². The van der Waals surface area contributed by atoms with Crippen LogP contribution in [0.1, 0.15) is 83.5 Å². The second-order valence-corrected chi connectivity index (χ2v) is 26.7. The third-order valence-corrected chi connectivity index (χ3v) is 14.9. The molecule has 0 bridgehead atoms. The highest BCUT2D eigenvalue weighted by Gasteiger charge is 2.38. The van der Waals surface area contributed by atoms with E-state index in [1.54, 1.807) is 21.7 Å². The lowest BCUT2D eigenvalue weighted by molar-refractivity contribution is 0.0183. The molecule has 4 aromatic rings. The summed E-state index contributed by atoms with van der Waals surface area (Å²) in [7, 11) is -3.90.